The Balaban J connectivity index is 2.33. The summed E-state index contributed by atoms with van der Waals surface area (Å²) in [5.74, 6) is -0.222. The van der Waals surface area contributed by atoms with Crippen molar-refractivity contribution in [3.63, 3.8) is 0 Å². The zero-order chi connectivity index (χ0) is 15.8. The molecule has 1 amide bonds. The van der Waals surface area contributed by atoms with Crippen LogP contribution in [0.3, 0.4) is 0 Å². The third-order valence-electron chi connectivity index (χ3n) is 3.87. The molecule has 0 saturated heterocycles. The molecule has 0 bridgehead atoms. The van der Waals surface area contributed by atoms with Crippen molar-refractivity contribution in [1.82, 2.24) is 4.90 Å². The molecule has 0 aliphatic heterocycles. The summed E-state index contributed by atoms with van der Waals surface area (Å²) in [5.41, 5.74) is -0.0658. The van der Waals surface area contributed by atoms with E-state index in [1.807, 2.05) is 20.8 Å². The van der Waals surface area contributed by atoms with Crippen molar-refractivity contribution in [3.05, 3.63) is 35.6 Å². The highest BCUT2D eigenvalue weighted by Gasteiger charge is 2.46. The van der Waals surface area contributed by atoms with Gasteiger partial charge >= 0.3 is 6.09 Å². The molecule has 0 spiro atoms. The Bertz CT molecular complexity index is 505. The number of carboxylic acid groups (broad SMARTS) is 1. The van der Waals surface area contributed by atoms with Crippen molar-refractivity contribution in [1.29, 1.82) is 0 Å². The standard InChI is InChI=1S/C16H22FNO3/c1-16(2,3)18(15(20)21)13(10-4-5-10)14(19)11-6-8-12(17)9-7-11/h6-10,13-14,19H,4-5H2,1-3H3,(H,20,21). The minimum atomic E-state index is -1.04. The first-order chi connectivity index (χ1) is 9.71. The number of aliphatic hydroxyl groups excluding tert-OH is 1. The van der Waals surface area contributed by atoms with E-state index in [1.54, 1.807) is 0 Å². The van der Waals surface area contributed by atoms with Crippen LogP contribution < -0.4 is 0 Å². The van der Waals surface area contributed by atoms with Crippen LogP contribution in [-0.2, 0) is 0 Å². The number of amides is 1. The van der Waals surface area contributed by atoms with Gasteiger partial charge in [0, 0.05) is 5.54 Å². The largest absolute Gasteiger partial charge is 0.465 e. The zero-order valence-corrected chi connectivity index (χ0v) is 12.6. The summed E-state index contributed by atoms with van der Waals surface area (Å²) in [6.07, 6.45) is -0.181. The number of halogens is 1. The summed E-state index contributed by atoms with van der Waals surface area (Å²) in [4.78, 5) is 13.0. The molecular weight excluding hydrogens is 273 g/mol. The van der Waals surface area contributed by atoms with Crippen molar-refractivity contribution in [2.24, 2.45) is 5.92 Å². The van der Waals surface area contributed by atoms with Crippen LogP contribution in [0.15, 0.2) is 24.3 Å². The highest BCUT2D eigenvalue weighted by Crippen LogP contribution is 2.43. The highest BCUT2D eigenvalue weighted by atomic mass is 19.1. The molecule has 0 radical (unpaired) electrons. The molecule has 1 saturated carbocycles. The van der Waals surface area contributed by atoms with Crippen LogP contribution >= 0.6 is 0 Å². The Morgan fingerprint density at radius 1 is 1.29 bits per heavy atom. The topological polar surface area (TPSA) is 60.8 Å². The normalized spacial score (nSPS) is 18.1. The number of nitrogens with zero attached hydrogens (tertiary/aromatic N) is 1. The summed E-state index contributed by atoms with van der Waals surface area (Å²) >= 11 is 0. The maximum Gasteiger partial charge on any atom is 0.408 e. The highest BCUT2D eigenvalue weighted by molar-refractivity contribution is 5.67. The number of hydrogen-bond acceptors (Lipinski definition) is 2. The van der Waals surface area contributed by atoms with Crippen LogP contribution in [0.5, 0.6) is 0 Å². The van der Waals surface area contributed by atoms with Gasteiger partial charge in [-0.2, -0.15) is 0 Å². The van der Waals surface area contributed by atoms with E-state index in [9.17, 15) is 19.4 Å². The molecule has 2 unspecified atom stereocenters. The van der Waals surface area contributed by atoms with Gasteiger partial charge in [-0.05, 0) is 57.2 Å². The van der Waals surface area contributed by atoms with Gasteiger partial charge in [-0.1, -0.05) is 12.1 Å². The molecule has 0 heterocycles. The molecule has 1 aliphatic rings. The van der Waals surface area contributed by atoms with E-state index in [0.717, 1.165) is 12.8 Å². The van der Waals surface area contributed by atoms with Gasteiger partial charge in [0.2, 0.25) is 0 Å². The third-order valence-corrected chi connectivity index (χ3v) is 3.87. The van der Waals surface area contributed by atoms with Crippen LogP contribution in [-0.4, -0.2) is 32.8 Å². The molecule has 4 nitrogen and oxygen atoms in total. The molecule has 116 valence electrons. The molecule has 1 aliphatic carbocycles. The molecule has 1 fully saturated rings. The van der Waals surface area contributed by atoms with Gasteiger partial charge in [0.15, 0.2) is 0 Å². The van der Waals surface area contributed by atoms with Crippen molar-refractivity contribution < 1.29 is 19.4 Å². The lowest BCUT2D eigenvalue weighted by Gasteiger charge is -2.42. The molecular formula is C16H22FNO3. The fourth-order valence-electron chi connectivity index (χ4n) is 2.77. The smallest absolute Gasteiger partial charge is 0.408 e. The van der Waals surface area contributed by atoms with Gasteiger partial charge in [-0.3, -0.25) is 4.90 Å². The van der Waals surface area contributed by atoms with Gasteiger partial charge in [-0.15, -0.1) is 0 Å². The van der Waals surface area contributed by atoms with E-state index >= 15 is 0 Å². The maximum atomic E-state index is 13.0. The second-order valence-corrected chi connectivity index (χ2v) is 6.65. The number of hydrogen-bond donors (Lipinski definition) is 2. The first-order valence-corrected chi connectivity index (χ1v) is 7.17. The van der Waals surface area contributed by atoms with Crippen molar-refractivity contribution >= 4 is 6.09 Å². The fourth-order valence-corrected chi connectivity index (χ4v) is 2.77. The van der Waals surface area contributed by atoms with Crippen LogP contribution in [0.2, 0.25) is 0 Å². The van der Waals surface area contributed by atoms with E-state index in [4.69, 9.17) is 0 Å². The Morgan fingerprint density at radius 2 is 1.81 bits per heavy atom. The molecule has 2 rings (SSSR count). The molecule has 2 atom stereocenters. The second kappa shape index (κ2) is 5.64. The quantitative estimate of drug-likeness (QED) is 0.894. The number of benzene rings is 1. The van der Waals surface area contributed by atoms with E-state index in [1.165, 1.54) is 29.2 Å². The number of aliphatic hydroxyl groups is 1. The molecule has 0 aromatic heterocycles. The number of rotatable bonds is 4. The monoisotopic (exact) mass is 295 g/mol. The third kappa shape index (κ3) is 3.53. The van der Waals surface area contributed by atoms with E-state index < -0.39 is 23.8 Å². The van der Waals surface area contributed by atoms with Gasteiger partial charge in [0.05, 0.1) is 12.1 Å². The molecule has 2 N–H and O–H groups in total. The second-order valence-electron chi connectivity index (χ2n) is 6.65. The van der Waals surface area contributed by atoms with Crippen LogP contribution in [0.1, 0.15) is 45.3 Å². The van der Waals surface area contributed by atoms with Crippen molar-refractivity contribution in [2.45, 2.75) is 51.3 Å². The van der Waals surface area contributed by atoms with Gasteiger partial charge in [-0.25, -0.2) is 9.18 Å². The summed E-state index contributed by atoms with van der Waals surface area (Å²) < 4.78 is 13.0. The molecule has 1 aromatic rings. The van der Waals surface area contributed by atoms with E-state index in [-0.39, 0.29) is 11.7 Å². The minimum absolute atomic E-state index is 0.153. The minimum Gasteiger partial charge on any atom is -0.465 e. The van der Waals surface area contributed by atoms with Gasteiger partial charge in [0.1, 0.15) is 5.82 Å². The predicted octanol–water partition coefficient (Wildman–Crippen LogP) is 3.42. The molecule has 21 heavy (non-hydrogen) atoms. The SMILES string of the molecule is CC(C)(C)N(C(=O)O)C(C1CC1)C(O)c1ccc(F)cc1. The summed E-state index contributed by atoms with van der Waals surface area (Å²) in [7, 11) is 0. The zero-order valence-electron chi connectivity index (χ0n) is 12.6. The molecule has 1 aromatic carbocycles. The first-order valence-electron chi connectivity index (χ1n) is 7.17. The first kappa shape index (κ1) is 15.8. The van der Waals surface area contributed by atoms with E-state index in [2.05, 4.69) is 0 Å². The average Bonchev–Trinajstić information content (AvgIpc) is 3.18. The average molecular weight is 295 g/mol. The number of carbonyl (C=O) groups is 1. The summed E-state index contributed by atoms with van der Waals surface area (Å²) in [6, 6.07) is 5.08. The lowest BCUT2D eigenvalue weighted by molar-refractivity contribution is -0.00323. The predicted molar refractivity (Wildman–Crippen MR) is 77.5 cm³/mol. The van der Waals surface area contributed by atoms with Crippen LogP contribution in [0.4, 0.5) is 9.18 Å². The fraction of sp³-hybridized carbons (Fsp3) is 0.562. The summed E-state index contributed by atoms with van der Waals surface area (Å²) in [5, 5.41) is 20.2. The van der Waals surface area contributed by atoms with Gasteiger partial charge < -0.3 is 10.2 Å². The van der Waals surface area contributed by atoms with E-state index in [0.29, 0.717) is 5.56 Å². The lowest BCUT2D eigenvalue weighted by atomic mass is 9.93. The van der Waals surface area contributed by atoms with Crippen molar-refractivity contribution in [2.75, 3.05) is 0 Å². The molecule has 5 heteroatoms. The van der Waals surface area contributed by atoms with Crippen molar-refractivity contribution in [3.8, 4) is 0 Å². The Hall–Kier alpha value is -1.62. The summed E-state index contributed by atoms with van der Waals surface area (Å²) in [6.45, 7) is 5.44. The van der Waals surface area contributed by atoms with Crippen LogP contribution in [0, 0.1) is 11.7 Å². The Morgan fingerprint density at radius 3 is 2.19 bits per heavy atom. The Kier molecular flexibility index (Phi) is 4.23. The van der Waals surface area contributed by atoms with Gasteiger partial charge in [0.25, 0.3) is 0 Å². The maximum absolute atomic E-state index is 13.0. The lowest BCUT2D eigenvalue weighted by Crippen LogP contribution is -2.54. The van der Waals surface area contributed by atoms with Crippen LogP contribution in [0.25, 0.3) is 0 Å². The Labute approximate surface area is 124 Å².